The van der Waals surface area contributed by atoms with Crippen molar-refractivity contribution in [1.82, 2.24) is 0 Å². The summed E-state index contributed by atoms with van der Waals surface area (Å²) in [5.74, 6) is -0.617. The minimum atomic E-state index is -0.740. The summed E-state index contributed by atoms with van der Waals surface area (Å²) in [6, 6.07) is 6.13. The highest BCUT2D eigenvalue weighted by Gasteiger charge is 2.15. The lowest BCUT2D eigenvalue weighted by Gasteiger charge is -2.09. The molecular formula is C13H14O6S. The van der Waals surface area contributed by atoms with Gasteiger partial charge >= 0.3 is 17.2 Å². The number of benzene rings is 1. The highest BCUT2D eigenvalue weighted by Crippen LogP contribution is 2.19. The summed E-state index contributed by atoms with van der Waals surface area (Å²) in [6.07, 6.45) is 0. The van der Waals surface area contributed by atoms with Gasteiger partial charge in [0, 0.05) is 12.7 Å². The number of esters is 2. The van der Waals surface area contributed by atoms with Crippen LogP contribution in [0.4, 0.5) is 4.79 Å². The van der Waals surface area contributed by atoms with Crippen molar-refractivity contribution in [2.24, 2.45) is 0 Å². The Balaban J connectivity index is 2.59. The van der Waals surface area contributed by atoms with Gasteiger partial charge in [-0.2, -0.15) is 0 Å². The summed E-state index contributed by atoms with van der Waals surface area (Å²) >= 11 is 0.969. The van der Waals surface area contributed by atoms with Gasteiger partial charge in [-0.25, -0.2) is 9.59 Å². The molecule has 0 saturated carbocycles. The summed E-state index contributed by atoms with van der Waals surface area (Å²) in [5.41, 5.74) is 0.0851. The van der Waals surface area contributed by atoms with E-state index in [4.69, 9.17) is 9.47 Å². The summed E-state index contributed by atoms with van der Waals surface area (Å²) in [6.45, 7) is 2.54. The van der Waals surface area contributed by atoms with Crippen molar-refractivity contribution in [3.8, 4) is 5.75 Å². The molecule has 0 unspecified atom stereocenters. The molecule has 0 aliphatic rings. The van der Waals surface area contributed by atoms with Crippen LogP contribution in [-0.2, 0) is 14.3 Å². The van der Waals surface area contributed by atoms with E-state index in [0.717, 1.165) is 11.8 Å². The summed E-state index contributed by atoms with van der Waals surface area (Å²) in [7, 11) is 0. The van der Waals surface area contributed by atoms with Gasteiger partial charge < -0.3 is 14.2 Å². The molecule has 0 aromatic heterocycles. The smallest absolute Gasteiger partial charge is 0.370 e. The van der Waals surface area contributed by atoms with Crippen LogP contribution in [0.3, 0.4) is 0 Å². The molecule has 0 aliphatic carbocycles. The predicted octanol–water partition coefficient (Wildman–Crippen LogP) is 2.62. The van der Waals surface area contributed by atoms with Crippen LogP contribution in [0, 0.1) is 0 Å². The van der Waals surface area contributed by atoms with Gasteiger partial charge in [0.1, 0.15) is 11.3 Å². The maximum Gasteiger partial charge on any atom is 0.370 e. The van der Waals surface area contributed by atoms with Gasteiger partial charge in [0.25, 0.3) is 0 Å². The summed E-state index contributed by atoms with van der Waals surface area (Å²) < 4.78 is 14.3. The molecule has 0 spiro atoms. The lowest BCUT2D eigenvalue weighted by molar-refractivity contribution is -0.131. The second-order valence-electron chi connectivity index (χ2n) is 3.47. The monoisotopic (exact) mass is 298 g/mol. The first-order valence-electron chi connectivity index (χ1n) is 5.78. The van der Waals surface area contributed by atoms with Crippen LogP contribution in [0.25, 0.3) is 0 Å². The zero-order valence-electron chi connectivity index (χ0n) is 11.1. The van der Waals surface area contributed by atoms with Crippen LogP contribution < -0.4 is 4.74 Å². The van der Waals surface area contributed by atoms with Crippen LogP contribution in [0.15, 0.2) is 24.3 Å². The zero-order valence-corrected chi connectivity index (χ0v) is 11.9. The average molecular weight is 298 g/mol. The van der Waals surface area contributed by atoms with E-state index < -0.39 is 24.0 Å². The zero-order chi connectivity index (χ0) is 15.0. The molecule has 1 aromatic carbocycles. The number of rotatable bonds is 5. The first-order chi connectivity index (χ1) is 9.54. The third kappa shape index (κ3) is 5.31. The van der Waals surface area contributed by atoms with E-state index >= 15 is 0 Å². The van der Waals surface area contributed by atoms with Gasteiger partial charge in [0.15, 0.2) is 0 Å². The first kappa shape index (κ1) is 16.0. The van der Waals surface area contributed by atoms with Gasteiger partial charge in [0.2, 0.25) is 6.79 Å². The lowest BCUT2D eigenvalue weighted by Crippen LogP contribution is -2.13. The molecule has 0 radical (unpaired) electrons. The molecule has 0 heterocycles. The van der Waals surface area contributed by atoms with E-state index in [1.165, 1.54) is 19.1 Å². The lowest BCUT2D eigenvalue weighted by atomic mass is 10.2. The predicted molar refractivity (Wildman–Crippen MR) is 72.6 cm³/mol. The molecule has 0 bridgehead atoms. The number of carbonyl (C=O) groups is 3. The van der Waals surface area contributed by atoms with E-state index in [1.54, 1.807) is 19.1 Å². The molecule has 108 valence electrons. The van der Waals surface area contributed by atoms with Crippen molar-refractivity contribution in [3.63, 3.8) is 0 Å². The SMILES string of the molecule is CCSC(=O)OCOC(=O)c1ccccc1OC(C)=O. The van der Waals surface area contributed by atoms with Crippen LogP contribution in [-0.4, -0.2) is 29.8 Å². The van der Waals surface area contributed by atoms with E-state index in [1.807, 2.05) is 0 Å². The molecule has 7 heteroatoms. The molecule has 20 heavy (non-hydrogen) atoms. The Morgan fingerprint density at radius 2 is 1.85 bits per heavy atom. The van der Waals surface area contributed by atoms with Crippen LogP contribution in [0.1, 0.15) is 24.2 Å². The second kappa shape index (κ2) is 8.21. The van der Waals surface area contributed by atoms with E-state index in [2.05, 4.69) is 4.74 Å². The minimum absolute atomic E-state index is 0.0851. The van der Waals surface area contributed by atoms with Crippen LogP contribution in [0.5, 0.6) is 5.75 Å². The molecule has 1 aromatic rings. The van der Waals surface area contributed by atoms with Gasteiger partial charge in [-0.05, 0) is 23.9 Å². The summed E-state index contributed by atoms with van der Waals surface area (Å²) in [5, 5.41) is -0.520. The topological polar surface area (TPSA) is 78.9 Å². The van der Waals surface area contributed by atoms with Gasteiger partial charge in [-0.3, -0.25) is 4.79 Å². The number of hydrogen-bond donors (Lipinski definition) is 0. The van der Waals surface area contributed by atoms with E-state index in [0.29, 0.717) is 5.75 Å². The molecule has 0 saturated heterocycles. The molecular weight excluding hydrogens is 284 g/mol. The van der Waals surface area contributed by atoms with Gasteiger partial charge in [0.05, 0.1) is 0 Å². The van der Waals surface area contributed by atoms with Crippen molar-refractivity contribution in [2.75, 3.05) is 12.5 Å². The van der Waals surface area contributed by atoms with E-state index in [-0.39, 0.29) is 11.3 Å². The molecule has 0 aliphatic heterocycles. The van der Waals surface area contributed by atoms with Crippen LogP contribution in [0.2, 0.25) is 0 Å². The molecule has 1 rings (SSSR count). The number of carbonyl (C=O) groups excluding carboxylic acids is 3. The number of thioether (sulfide) groups is 1. The van der Waals surface area contributed by atoms with Crippen molar-refractivity contribution >= 4 is 29.0 Å². The standard InChI is InChI=1S/C13H14O6S/c1-3-20-13(16)18-8-17-12(15)10-6-4-5-7-11(10)19-9(2)14/h4-7H,3,8H2,1-2H3. The Kier molecular flexibility index (Phi) is 6.58. The minimum Gasteiger partial charge on any atom is -0.426 e. The molecule has 0 amide bonds. The third-order valence-electron chi connectivity index (χ3n) is 1.99. The quantitative estimate of drug-likeness (QED) is 0.469. The fraction of sp³-hybridized carbons (Fsp3) is 0.308. The Morgan fingerprint density at radius 3 is 2.50 bits per heavy atom. The number of ether oxygens (including phenoxy) is 3. The van der Waals surface area contributed by atoms with Gasteiger partial charge in [-0.15, -0.1) is 0 Å². The fourth-order valence-corrected chi connectivity index (χ4v) is 1.61. The molecule has 0 atom stereocenters. The van der Waals surface area contributed by atoms with Gasteiger partial charge in [-0.1, -0.05) is 19.1 Å². The van der Waals surface area contributed by atoms with E-state index in [9.17, 15) is 14.4 Å². The second-order valence-corrected chi connectivity index (χ2v) is 4.67. The van der Waals surface area contributed by atoms with Crippen molar-refractivity contribution in [2.45, 2.75) is 13.8 Å². The summed E-state index contributed by atoms with van der Waals surface area (Å²) in [4.78, 5) is 33.7. The Bertz CT molecular complexity index is 499. The largest absolute Gasteiger partial charge is 0.426 e. The first-order valence-corrected chi connectivity index (χ1v) is 6.77. The average Bonchev–Trinajstić information content (AvgIpc) is 2.38. The maximum atomic E-state index is 11.8. The Morgan fingerprint density at radius 1 is 1.15 bits per heavy atom. The fourth-order valence-electron chi connectivity index (χ4n) is 1.25. The molecule has 0 fully saturated rings. The number of para-hydroxylation sites is 1. The highest BCUT2D eigenvalue weighted by atomic mass is 32.2. The van der Waals surface area contributed by atoms with Crippen molar-refractivity contribution in [1.29, 1.82) is 0 Å². The molecule has 6 nitrogen and oxygen atoms in total. The highest BCUT2D eigenvalue weighted by molar-refractivity contribution is 8.13. The van der Waals surface area contributed by atoms with Crippen molar-refractivity contribution in [3.05, 3.63) is 29.8 Å². The Hall–Kier alpha value is -2.02. The molecule has 0 N–H and O–H groups in total. The van der Waals surface area contributed by atoms with Crippen LogP contribution >= 0.6 is 11.8 Å². The third-order valence-corrected chi connectivity index (χ3v) is 2.63. The normalized spacial score (nSPS) is 9.70. The van der Waals surface area contributed by atoms with Crippen molar-refractivity contribution < 1.29 is 28.6 Å². The number of hydrogen-bond acceptors (Lipinski definition) is 7. The Labute approximate surface area is 120 Å². The maximum absolute atomic E-state index is 11.8.